The van der Waals surface area contributed by atoms with Gasteiger partial charge in [-0.05, 0) is 89.4 Å². The Bertz CT molecular complexity index is 931. The second-order valence-corrected chi connectivity index (χ2v) is 8.91. The van der Waals surface area contributed by atoms with Crippen LogP contribution in [0.2, 0.25) is 0 Å². The molecular formula is C24H36Cl2N4O4. The van der Waals surface area contributed by atoms with Gasteiger partial charge in [-0.1, -0.05) is 24.3 Å². The molecule has 0 amide bonds. The number of aromatic hydroxyl groups is 2. The Labute approximate surface area is 213 Å². The van der Waals surface area contributed by atoms with Crippen LogP contribution in [-0.2, 0) is 0 Å². The molecule has 2 aliphatic rings. The van der Waals surface area contributed by atoms with Gasteiger partial charge in [-0.3, -0.25) is 10.1 Å². The summed E-state index contributed by atoms with van der Waals surface area (Å²) in [6.07, 6.45) is 4.08. The highest BCUT2D eigenvalue weighted by Gasteiger charge is 2.25. The molecule has 0 atom stereocenters. The van der Waals surface area contributed by atoms with E-state index in [2.05, 4.69) is 23.9 Å². The molecule has 0 aliphatic carbocycles. The average Bonchev–Trinajstić information content (AvgIpc) is 2.77. The molecule has 2 heterocycles. The van der Waals surface area contributed by atoms with E-state index in [1.807, 2.05) is 12.1 Å². The molecule has 2 saturated heterocycles. The van der Waals surface area contributed by atoms with Crippen molar-refractivity contribution in [2.45, 2.75) is 37.5 Å². The van der Waals surface area contributed by atoms with Crippen molar-refractivity contribution in [1.82, 2.24) is 9.80 Å². The Morgan fingerprint density at radius 2 is 1.24 bits per heavy atom. The van der Waals surface area contributed by atoms with Gasteiger partial charge >= 0.3 is 5.69 Å². The Morgan fingerprint density at radius 1 is 0.824 bits per heavy atom. The summed E-state index contributed by atoms with van der Waals surface area (Å²) in [4.78, 5) is 14.8. The van der Waals surface area contributed by atoms with Crippen molar-refractivity contribution >= 4 is 36.2 Å². The minimum absolute atomic E-state index is 0. The number of phenolic OH excluding ortho intramolecular Hbond substituents is 2. The number of para-hydroxylation sites is 2. The van der Waals surface area contributed by atoms with Gasteiger partial charge in [0.25, 0.3) is 0 Å². The van der Waals surface area contributed by atoms with Gasteiger partial charge in [0, 0.05) is 11.6 Å². The molecule has 2 aromatic carbocycles. The summed E-state index contributed by atoms with van der Waals surface area (Å²) < 4.78 is 0. The zero-order valence-corrected chi connectivity index (χ0v) is 21.4. The minimum atomic E-state index is -0.534. The molecule has 0 spiro atoms. The fourth-order valence-corrected chi connectivity index (χ4v) is 4.57. The molecule has 10 heteroatoms. The first-order chi connectivity index (χ1) is 15.3. The number of likely N-dealkylation sites (tertiary alicyclic amines) is 2. The summed E-state index contributed by atoms with van der Waals surface area (Å²) in [5.41, 5.74) is 7.72. The summed E-state index contributed by atoms with van der Waals surface area (Å²) in [7, 11) is 4.19. The van der Waals surface area contributed by atoms with Gasteiger partial charge in [0.1, 0.15) is 5.75 Å². The number of rotatable bonds is 3. The molecule has 2 fully saturated rings. The highest BCUT2D eigenvalue weighted by Crippen LogP contribution is 2.38. The lowest BCUT2D eigenvalue weighted by molar-refractivity contribution is -0.386. The van der Waals surface area contributed by atoms with Crippen LogP contribution in [0.5, 0.6) is 11.5 Å². The van der Waals surface area contributed by atoms with Crippen LogP contribution in [-0.4, -0.2) is 65.2 Å². The SMILES string of the molecule is CN1CCC(c2cccc(N)c2O)CC1.CN1CCC(c2cccc([N+](=O)[O-])c2O)CC1.Cl.Cl. The van der Waals surface area contributed by atoms with Crippen LogP contribution < -0.4 is 5.73 Å². The predicted molar refractivity (Wildman–Crippen MR) is 141 cm³/mol. The third-order valence-corrected chi connectivity index (χ3v) is 6.66. The molecule has 2 aliphatic heterocycles. The van der Waals surface area contributed by atoms with E-state index >= 15 is 0 Å². The molecule has 34 heavy (non-hydrogen) atoms. The molecule has 0 radical (unpaired) electrons. The Hall–Kier alpha value is -2.26. The van der Waals surface area contributed by atoms with Crippen LogP contribution in [0.4, 0.5) is 11.4 Å². The number of hydrogen-bond donors (Lipinski definition) is 3. The van der Waals surface area contributed by atoms with E-state index < -0.39 is 4.92 Å². The molecule has 8 nitrogen and oxygen atoms in total. The smallest absolute Gasteiger partial charge is 0.310 e. The second kappa shape index (κ2) is 13.6. The number of benzene rings is 2. The number of piperidine rings is 2. The van der Waals surface area contributed by atoms with Crippen molar-refractivity contribution in [3.8, 4) is 11.5 Å². The fourth-order valence-electron chi connectivity index (χ4n) is 4.57. The first-order valence-corrected chi connectivity index (χ1v) is 11.2. The van der Waals surface area contributed by atoms with Gasteiger partial charge in [-0.25, -0.2) is 0 Å². The van der Waals surface area contributed by atoms with Crippen LogP contribution in [0.3, 0.4) is 0 Å². The molecule has 0 bridgehead atoms. The standard InChI is InChI=1S/C12H16N2O3.C12H18N2O.2ClH/c1-13-7-5-9(6-8-13)10-3-2-4-11(12(10)15)14(16)17;1-14-7-5-9(6-8-14)10-3-2-4-11(13)12(10)15;;/h2-4,9,15H,5-8H2,1H3;2-4,9,15H,5-8,13H2,1H3;2*1H. The summed E-state index contributed by atoms with van der Waals surface area (Å²) >= 11 is 0. The molecule has 0 aromatic heterocycles. The largest absolute Gasteiger partial charge is 0.505 e. The lowest BCUT2D eigenvalue weighted by atomic mass is 9.88. The van der Waals surface area contributed by atoms with Crippen molar-refractivity contribution < 1.29 is 15.1 Å². The van der Waals surface area contributed by atoms with Crippen molar-refractivity contribution in [3.05, 3.63) is 57.6 Å². The van der Waals surface area contributed by atoms with Gasteiger partial charge in [0.05, 0.1) is 10.6 Å². The topological polar surface area (TPSA) is 116 Å². The Morgan fingerprint density at radius 3 is 1.68 bits per heavy atom. The normalized spacial score (nSPS) is 17.6. The number of nitrogens with zero attached hydrogens (tertiary/aromatic N) is 3. The quantitative estimate of drug-likeness (QED) is 0.234. The maximum atomic E-state index is 10.7. The van der Waals surface area contributed by atoms with E-state index in [1.165, 1.54) is 6.07 Å². The average molecular weight is 515 g/mol. The Balaban J connectivity index is 0.000000323. The number of anilines is 1. The van der Waals surface area contributed by atoms with E-state index in [0.717, 1.165) is 57.4 Å². The summed E-state index contributed by atoms with van der Waals surface area (Å²) in [5, 5.41) is 30.5. The number of halogens is 2. The monoisotopic (exact) mass is 514 g/mol. The number of hydrogen-bond acceptors (Lipinski definition) is 7. The van der Waals surface area contributed by atoms with E-state index in [1.54, 1.807) is 18.2 Å². The van der Waals surface area contributed by atoms with E-state index in [-0.39, 0.29) is 47.9 Å². The molecule has 190 valence electrons. The first-order valence-electron chi connectivity index (χ1n) is 11.2. The van der Waals surface area contributed by atoms with Crippen LogP contribution in [0.25, 0.3) is 0 Å². The third-order valence-electron chi connectivity index (χ3n) is 6.66. The zero-order valence-electron chi connectivity index (χ0n) is 19.7. The summed E-state index contributed by atoms with van der Waals surface area (Å²) in [6.45, 7) is 4.12. The number of phenols is 2. The van der Waals surface area contributed by atoms with Crippen molar-refractivity contribution in [3.63, 3.8) is 0 Å². The lowest BCUT2D eigenvalue weighted by Crippen LogP contribution is -2.29. The van der Waals surface area contributed by atoms with Gasteiger partial charge in [-0.2, -0.15) is 0 Å². The molecule has 4 N–H and O–H groups in total. The summed E-state index contributed by atoms with van der Waals surface area (Å²) in [6, 6.07) is 10.4. The number of nitrogen functional groups attached to an aromatic ring is 1. The second-order valence-electron chi connectivity index (χ2n) is 8.91. The van der Waals surface area contributed by atoms with Gasteiger partial charge in [-0.15, -0.1) is 24.8 Å². The van der Waals surface area contributed by atoms with Crippen LogP contribution in [0, 0.1) is 10.1 Å². The maximum Gasteiger partial charge on any atom is 0.310 e. The first kappa shape index (κ1) is 29.8. The number of nitro groups is 1. The zero-order chi connectivity index (χ0) is 23.3. The van der Waals surface area contributed by atoms with E-state index in [9.17, 15) is 20.3 Å². The van der Waals surface area contributed by atoms with Crippen molar-refractivity contribution in [1.29, 1.82) is 0 Å². The number of nitrogens with two attached hydrogens (primary N) is 1. The summed E-state index contributed by atoms with van der Waals surface area (Å²) in [5.74, 6) is 0.815. The van der Waals surface area contributed by atoms with Crippen LogP contribution in [0.1, 0.15) is 48.6 Å². The van der Waals surface area contributed by atoms with Crippen LogP contribution >= 0.6 is 24.8 Å². The maximum absolute atomic E-state index is 10.7. The fraction of sp³-hybridized carbons (Fsp3) is 0.500. The van der Waals surface area contributed by atoms with Crippen molar-refractivity contribution in [2.75, 3.05) is 46.0 Å². The molecule has 0 saturated carbocycles. The predicted octanol–water partition coefficient (Wildman–Crippen LogP) is 4.74. The number of nitro benzene ring substituents is 1. The Kier molecular flexibility index (Phi) is 11.9. The van der Waals surface area contributed by atoms with Gasteiger partial charge < -0.3 is 25.7 Å². The third kappa shape index (κ3) is 7.37. The van der Waals surface area contributed by atoms with Gasteiger partial charge in [0.2, 0.25) is 0 Å². The van der Waals surface area contributed by atoms with Crippen molar-refractivity contribution in [2.24, 2.45) is 0 Å². The van der Waals surface area contributed by atoms with E-state index in [4.69, 9.17) is 5.73 Å². The van der Waals surface area contributed by atoms with E-state index in [0.29, 0.717) is 17.2 Å². The molecular weight excluding hydrogens is 479 g/mol. The van der Waals surface area contributed by atoms with Crippen LogP contribution in [0.15, 0.2) is 36.4 Å². The molecule has 0 unspecified atom stereocenters. The van der Waals surface area contributed by atoms with Gasteiger partial charge in [0.15, 0.2) is 5.75 Å². The molecule has 4 rings (SSSR count). The highest BCUT2D eigenvalue weighted by molar-refractivity contribution is 5.85. The lowest BCUT2D eigenvalue weighted by Gasteiger charge is -2.29. The minimum Gasteiger partial charge on any atom is -0.505 e. The highest BCUT2D eigenvalue weighted by atomic mass is 35.5. The molecule has 2 aromatic rings.